The van der Waals surface area contributed by atoms with Crippen LogP contribution < -0.4 is 10.2 Å². The van der Waals surface area contributed by atoms with Crippen molar-refractivity contribution >= 4 is 23.3 Å². The second kappa shape index (κ2) is 13.7. The SMILES string of the molecule is CCC1(C(=O)NC(C)C)CCN(c2ncc(-c3nc(-c4cnn(C5CCN(C(=O)OC(C)(C)C)CC5)c4)cn4ncc(C#N)c34)cc2F)CC1. The number of nitrogens with one attached hydrogen (secondary N) is 1. The number of carbonyl (C=O) groups excluding carboxylic acids is 2. The number of halogens is 1. The van der Waals surface area contributed by atoms with Crippen LogP contribution in [0.4, 0.5) is 15.0 Å². The van der Waals surface area contributed by atoms with Gasteiger partial charge in [-0.05, 0) is 72.8 Å². The maximum absolute atomic E-state index is 15.9. The molecule has 1 N–H and O–H groups in total. The predicted molar refractivity (Wildman–Crippen MR) is 186 cm³/mol. The van der Waals surface area contributed by atoms with Crippen molar-refractivity contribution in [1.82, 2.24) is 39.6 Å². The van der Waals surface area contributed by atoms with Gasteiger partial charge in [-0.1, -0.05) is 6.92 Å². The zero-order chi connectivity index (χ0) is 35.8. The Bertz CT molecular complexity index is 1920. The first kappa shape index (κ1) is 34.8. The summed E-state index contributed by atoms with van der Waals surface area (Å²) in [6.45, 7) is 13.6. The number of rotatable bonds is 7. The molecule has 0 bridgehead atoms. The van der Waals surface area contributed by atoms with Gasteiger partial charge in [-0.3, -0.25) is 9.48 Å². The lowest BCUT2D eigenvalue weighted by molar-refractivity contribution is -0.133. The van der Waals surface area contributed by atoms with E-state index >= 15 is 4.39 Å². The van der Waals surface area contributed by atoms with Gasteiger partial charge in [-0.15, -0.1) is 0 Å². The van der Waals surface area contributed by atoms with Crippen LogP contribution in [0.3, 0.4) is 0 Å². The highest BCUT2D eigenvalue weighted by molar-refractivity contribution is 5.84. The monoisotopic (exact) mass is 684 g/mol. The number of amides is 2. The number of piperidine rings is 2. The van der Waals surface area contributed by atoms with E-state index in [-0.39, 0.29) is 29.9 Å². The normalized spacial score (nSPS) is 16.9. The molecule has 264 valence electrons. The number of hydrogen-bond donors (Lipinski definition) is 1. The Kier molecular flexibility index (Phi) is 9.52. The third-order valence-electron chi connectivity index (χ3n) is 9.70. The average Bonchev–Trinajstić information content (AvgIpc) is 3.75. The third-order valence-corrected chi connectivity index (χ3v) is 9.70. The Morgan fingerprint density at radius 3 is 2.42 bits per heavy atom. The van der Waals surface area contributed by atoms with Crippen molar-refractivity contribution in [2.45, 2.75) is 91.3 Å². The fourth-order valence-electron chi connectivity index (χ4n) is 6.84. The van der Waals surface area contributed by atoms with Gasteiger partial charge in [-0.2, -0.15) is 15.5 Å². The minimum atomic E-state index is -0.548. The van der Waals surface area contributed by atoms with Crippen LogP contribution in [0.5, 0.6) is 0 Å². The summed E-state index contributed by atoms with van der Waals surface area (Å²) in [6.07, 6.45) is 11.5. The summed E-state index contributed by atoms with van der Waals surface area (Å²) < 4.78 is 24.9. The van der Waals surface area contributed by atoms with Gasteiger partial charge < -0.3 is 19.9 Å². The van der Waals surface area contributed by atoms with Crippen molar-refractivity contribution in [2.75, 3.05) is 31.1 Å². The standard InChI is InChI=1S/C36H45FN10O3/c1-7-36(33(48)42-23(2)3)10-14-44(15-11-36)32-28(37)16-24(18-39-32)30-31-25(17-38)19-41-47(31)22-29(43-30)26-20-40-46(21-26)27-8-12-45(13-9-27)34(49)50-35(4,5)6/h16,18-23,27H,7-15H2,1-6H3,(H,42,48). The first-order valence-corrected chi connectivity index (χ1v) is 17.3. The second-order valence-electron chi connectivity index (χ2n) is 14.6. The number of aromatic nitrogens is 6. The van der Waals surface area contributed by atoms with Crippen LogP contribution in [0.2, 0.25) is 0 Å². The van der Waals surface area contributed by atoms with Gasteiger partial charge in [0.05, 0.1) is 41.4 Å². The molecule has 6 heterocycles. The molecule has 50 heavy (non-hydrogen) atoms. The molecule has 2 amide bonds. The maximum Gasteiger partial charge on any atom is 0.410 e. The number of fused-ring (bicyclic) bond motifs is 1. The molecule has 0 radical (unpaired) electrons. The van der Waals surface area contributed by atoms with E-state index in [1.807, 2.05) is 57.3 Å². The molecule has 0 aromatic carbocycles. The number of anilines is 1. The molecule has 4 aromatic rings. The van der Waals surface area contributed by atoms with Gasteiger partial charge in [0.2, 0.25) is 5.91 Å². The number of ether oxygens (including phenoxy) is 1. The minimum Gasteiger partial charge on any atom is -0.444 e. The van der Waals surface area contributed by atoms with Crippen molar-refractivity contribution in [3.8, 4) is 28.6 Å². The van der Waals surface area contributed by atoms with Gasteiger partial charge in [0.15, 0.2) is 11.6 Å². The van der Waals surface area contributed by atoms with E-state index < -0.39 is 16.8 Å². The molecule has 2 aliphatic heterocycles. The molecule has 2 aliphatic rings. The molecule has 2 fully saturated rings. The van der Waals surface area contributed by atoms with E-state index in [0.29, 0.717) is 73.5 Å². The van der Waals surface area contributed by atoms with Crippen LogP contribution in [-0.2, 0) is 9.53 Å². The van der Waals surface area contributed by atoms with E-state index in [2.05, 4.69) is 26.6 Å². The van der Waals surface area contributed by atoms with Gasteiger partial charge in [0.1, 0.15) is 22.8 Å². The molecule has 4 aromatic heterocycles. The van der Waals surface area contributed by atoms with Crippen LogP contribution in [-0.4, -0.2) is 84.1 Å². The summed E-state index contributed by atoms with van der Waals surface area (Å²) >= 11 is 0. The summed E-state index contributed by atoms with van der Waals surface area (Å²) in [7, 11) is 0. The number of hydrogen-bond acceptors (Lipinski definition) is 9. The summed E-state index contributed by atoms with van der Waals surface area (Å²) in [5, 5.41) is 21.9. The van der Waals surface area contributed by atoms with Crippen molar-refractivity contribution in [3.63, 3.8) is 0 Å². The van der Waals surface area contributed by atoms with Crippen molar-refractivity contribution in [1.29, 1.82) is 5.26 Å². The Hall–Kier alpha value is -5.06. The molecule has 13 nitrogen and oxygen atoms in total. The highest BCUT2D eigenvalue weighted by atomic mass is 19.1. The summed E-state index contributed by atoms with van der Waals surface area (Å²) in [4.78, 5) is 38.6. The lowest BCUT2D eigenvalue weighted by Crippen LogP contribution is -2.50. The van der Waals surface area contributed by atoms with Gasteiger partial charge in [-0.25, -0.2) is 23.7 Å². The summed E-state index contributed by atoms with van der Waals surface area (Å²) in [5.74, 6) is -0.230. The molecule has 6 rings (SSSR count). The molecule has 0 atom stereocenters. The highest BCUT2D eigenvalue weighted by Crippen LogP contribution is 2.38. The molecule has 14 heteroatoms. The quantitative estimate of drug-likeness (QED) is 0.257. The summed E-state index contributed by atoms with van der Waals surface area (Å²) in [5.41, 5.74) is 1.80. The Labute approximate surface area is 291 Å². The topological polar surface area (TPSA) is 147 Å². The van der Waals surface area contributed by atoms with Crippen molar-refractivity contribution in [2.24, 2.45) is 5.41 Å². The smallest absolute Gasteiger partial charge is 0.410 e. The Morgan fingerprint density at radius 1 is 1.08 bits per heavy atom. The van der Waals surface area contributed by atoms with Crippen LogP contribution in [0.25, 0.3) is 28.0 Å². The van der Waals surface area contributed by atoms with E-state index in [1.165, 1.54) is 12.3 Å². The molecule has 0 saturated carbocycles. The second-order valence-corrected chi connectivity index (χ2v) is 14.6. The van der Waals surface area contributed by atoms with Crippen molar-refractivity contribution in [3.05, 3.63) is 48.4 Å². The number of pyridine rings is 1. The molecular weight excluding hydrogens is 639 g/mol. The Balaban J connectivity index is 1.23. The number of carbonyl (C=O) groups is 2. The molecular formula is C36H45FN10O3. The summed E-state index contributed by atoms with van der Waals surface area (Å²) in [6, 6.07) is 3.72. The van der Waals surface area contributed by atoms with Crippen molar-refractivity contribution < 1.29 is 18.7 Å². The zero-order valence-electron chi connectivity index (χ0n) is 29.6. The third kappa shape index (κ3) is 6.99. The van der Waals surface area contributed by atoms with E-state index in [9.17, 15) is 14.9 Å². The van der Waals surface area contributed by atoms with E-state index in [4.69, 9.17) is 9.72 Å². The Morgan fingerprint density at radius 2 is 1.80 bits per heavy atom. The van der Waals surface area contributed by atoms with E-state index in [0.717, 1.165) is 18.4 Å². The first-order valence-electron chi connectivity index (χ1n) is 17.3. The molecule has 0 spiro atoms. The zero-order valence-corrected chi connectivity index (χ0v) is 29.6. The fraction of sp³-hybridized carbons (Fsp3) is 0.528. The molecule has 0 aliphatic carbocycles. The van der Waals surface area contributed by atoms with Crippen LogP contribution in [0.15, 0.2) is 37.1 Å². The minimum absolute atomic E-state index is 0.0524. The number of nitrogens with zero attached hydrogens (tertiary/aromatic N) is 9. The van der Waals surface area contributed by atoms with E-state index in [1.54, 1.807) is 28.0 Å². The average molecular weight is 685 g/mol. The predicted octanol–water partition coefficient (Wildman–Crippen LogP) is 5.76. The number of likely N-dealkylation sites (tertiary alicyclic amines) is 1. The molecule has 2 saturated heterocycles. The van der Waals surface area contributed by atoms with Crippen LogP contribution >= 0.6 is 0 Å². The van der Waals surface area contributed by atoms with Crippen LogP contribution in [0.1, 0.15) is 85.3 Å². The lowest BCUT2D eigenvalue weighted by atomic mass is 9.75. The van der Waals surface area contributed by atoms with Gasteiger partial charge in [0.25, 0.3) is 0 Å². The molecule has 0 unspecified atom stereocenters. The van der Waals surface area contributed by atoms with Gasteiger partial charge in [0, 0.05) is 55.7 Å². The highest BCUT2D eigenvalue weighted by Gasteiger charge is 2.40. The lowest BCUT2D eigenvalue weighted by Gasteiger charge is -2.41. The largest absolute Gasteiger partial charge is 0.444 e. The van der Waals surface area contributed by atoms with Crippen LogP contribution in [0, 0.1) is 22.6 Å². The van der Waals surface area contributed by atoms with Gasteiger partial charge >= 0.3 is 6.09 Å². The maximum atomic E-state index is 15.9. The number of nitriles is 1. The first-order chi connectivity index (χ1) is 23.8. The fourth-order valence-corrected chi connectivity index (χ4v) is 6.84.